The van der Waals surface area contributed by atoms with Crippen LogP contribution in [0.25, 0.3) is 0 Å². The number of nitrogens with zero attached hydrogens (tertiary/aromatic N) is 6. The smallest absolute Gasteiger partial charge is 0.122 e. The van der Waals surface area contributed by atoms with Crippen LogP contribution in [0, 0.1) is 5.92 Å². The molecule has 24 heavy (non-hydrogen) atoms. The van der Waals surface area contributed by atoms with Gasteiger partial charge in [0.15, 0.2) is 0 Å². The molecule has 2 aromatic heterocycles. The highest BCUT2D eigenvalue weighted by Crippen LogP contribution is 2.32. The molecule has 3 heterocycles. The summed E-state index contributed by atoms with van der Waals surface area (Å²) in [6, 6.07) is 0. The van der Waals surface area contributed by atoms with Crippen LogP contribution in [0.3, 0.4) is 0 Å². The van der Waals surface area contributed by atoms with Gasteiger partial charge >= 0.3 is 0 Å². The van der Waals surface area contributed by atoms with Gasteiger partial charge in [0, 0.05) is 44.6 Å². The normalized spacial score (nSPS) is 23.1. The van der Waals surface area contributed by atoms with Gasteiger partial charge in [0.2, 0.25) is 0 Å². The van der Waals surface area contributed by atoms with Crippen LogP contribution in [-0.4, -0.2) is 42.5 Å². The van der Waals surface area contributed by atoms with Crippen molar-refractivity contribution in [3.63, 3.8) is 0 Å². The number of rotatable bonds is 5. The van der Waals surface area contributed by atoms with Crippen molar-refractivity contribution < 1.29 is 0 Å². The summed E-state index contributed by atoms with van der Waals surface area (Å²) in [5.41, 5.74) is 1.22. The first-order valence-corrected chi connectivity index (χ1v) is 9.36. The highest BCUT2D eigenvalue weighted by molar-refractivity contribution is 5.03. The Labute approximate surface area is 143 Å². The molecule has 0 N–H and O–H groups in total. The van der Waals surface area contributed by atoms with Gasteiger partial charge < -0.3 is 4.57 Å². The molecular weight excluding hydrogens is 300 g/mol. The van der Waals surface area contributed by atoms with Crippen LogP contribution < -0.4 is 0 Å². The summed E-state index contributed by atoms with van der Waals surface area (Å²) in [6.07, 6.45) is 13.9. The Kier molecular flexibility index (Phi) is 4.65. The number of imidazole rings is 1. The van der Waals surface area contributed by atoms with Crippen molar-refractivity contribution in [1.82, 2.24) is 29.4 Å². The molecule has 6 nitrogen and oxygen atoms in total. The fraction of sp³-hybridized carbons (Fsp3) is 0.722. The van der Waals surface area contributed by atoms with E-state index in [4.69, 9.17) is 0 Å². The molecule has 2 fully saturated rings. The Morgan fingerprint density at radius 2 is 2.04 bits per heavy atom. The van der Waals surface area contributed by atoms with Crippen molar-refractivity contribution in [3.05, 3.63) is 30.1 Å². The molecule has 0 bridgehead atoms. The van der Waals surface area contributed by atoms with E-state index in [1.165, 1.54) is 50.8 Å². The summed E-state index contributed by atoms with van der Waals surface area (Å²) in [4.78, 5) is 6.99. The van der Waals surface area contributed by atoms with Crippen LogP contribution in [0.15, 0.2) is 18.6 Å². The van der Waals surface area contributed by atoms with Crippen molar-refractivity contribution in [3.8, 4) is 0 Å². The van der Waals surface area contributed by atoms with Crippen molar-refractivity contribution in [2.24, 2.45) is 13.0 Å². The minimum absolute atomic E-state index is 0.657. The molecular formula is C18H28N6. The summed E-state index contributed by atoms with van der Waals surface area (Å²) < 4.78 is 4.21. The molecule has 6 heteroatoms. The Balaban J connectivity index is 1.33. The van der Waals surface area contributed by atoms with E-state index < -0.39 is 0 Å². The molecule has 1 aliphatic carbocycles. The van der Waals surface area contributed by atoms with E-state index in [1.807, 2.05) is 12.4 Å². The van der Waals surface area contributed by atoms with Crippen LogP contribution in [0.1, 0.15) is 56.0 Å². The number of aromatic nitrogens is 5. The Morgan fingerprint density at radius 3 is 2.83 bits per heavy atom. The molecule has 1 saturated carbocycles. The Morgan fingerprint density at radius 1 is 1.17 bits per heavy atom. The van der Waals surface area contributed by atoms with Crippen molar-refractivity contribution in [1.29, 1.82) is 0 Å². The molecule has 1 aliphatic heterocycles. The summed E-state index contributed by atoms with van der Waals surface area (Å²) >= 11 is 0. The molecule has 0 amide bonds. The zero-order chi connectivity index (χ0) is 16.4. The van der Waals surface area contributed by atoms with Crippen molar-refractivity contribution in [2.75, 3.05) is 13.1 Å². The molecule has 2 aromatic rings. The largest absolute Gasteiger partial charge is 0.337 e. The molecule has 1 saturated heterocycles. The van der Waals surface area contributed by atoms with Crippen LogP contribution >= 0.6 is 0 Å². The Bertz CT molecular complexity index is 654. The van der Waals surface area contributed by atoms with E-state index in [2.05, 4.69) is 42.7 Å². The SMILES string of the molecule is Cn1ccnc1CN1CCCC(Cn2cc(C3CCCC3)nn2)C1. The molecule has 0 aromatic carbocycles. The maximum Gasteiger partial charge on any atom is 0.122 e. The first kappa shape index (κ1) is 15.8. The van der Waals surface area contributed by atoms with E-state index in [1.54, 1.807) is 0 Å². The minimum Gasteiger partial charge on any atom is -0.337 e. The monoisotopic (exact) mass is 328 g/mol. The predicted octanol–water partition coefficient (Wildman–Crippen LogP) is 2.58. The summed E-state index contributed by atoms with van der Waals surface area (Å²) in [5.74, 6) is 2.47. The van der Waals surface area contributed by atoms with E-state index in [-0.39, 0.29) is 0 Å². The third kappa shape index (κ3) is 3.53. The molecule has 1 unspecified atom stereocenters. The average molecular weight is 328 g/mol. The number of likely N-dealkylation sites (tertiary alicyclic amines) is 1. The Hall–Kier alpha value is -1.69. The van der Waals surface area contributed by atoms with Gasteiger partial charge in [0.05, 0.1) is 12.2 Å². The highest BCUT2D eigenvalue weighted by atomic mass is 15.4. The van der Waals surface area contributed by atoms with Crippen molar-refractivity contribution >= 4 is 0 Å². The predicted molar refractivity (Wildman–Crippen MR) is 92.4 cm³/mol. The van der Waals surface area contributed by atoms with Crippen LogP contribution in [0.4, 0.5) is 0 Å². The summed E-state index contributed by atoms with van der Waals surface area (Å²) in [6.45, 7) is 4.25. The number of aryl methyl sites for hydroxylation is 1. The maximum atomic E-state index is 4.46. The number of hydrogen-bond acceptors (Lipinski definition) is 4. The van der Waals surface area contributed by atoms with Gasteiger partial charge in [-0.3, -0.25) is 9.58 Å². The zero-order valence-corrected chi connectivity index (χ0v) is 14.6. The van der Waals surface area contributed by atoms with Gasteiger partial charge in [-0.05, 0) is 38.1 Å². The fourth-order valence-electron chi connectivity index (χ4n) is 4.27. The quantitative estimate of drug-likeness (QED) is 0.846. The highest BCUT2D eigenvalue weighted by Gasteiger charge is 2.23. The maximum absolute atomic E-state index is 4.46. The molecule has 2 aliphatic rings. The second-order valence-electron chi connectivity index (χ2n) is 7.54. The number of piperidine rings is 1. The molecule has 130 valence electrons. The van der Waals surface area contributed by atoms with Crippen LogP contribution in [0.5, 0.6) is 0 Å². The van der Waals surface area contributed by atoms with E-state index in [0.29, 0.717) is 11.8 Å². The van der Waals surface area contributed by atoms with Gasteiger partial charge in [-0.2, -0.15) is 0 Å². The molecule has 0 radical (unpaired) electrons. The van der Waals surface area contributed by atoms with Gasteiger partial charge in [-0.25, -0.2) is 4.98 Å². The summed E-state index contributed by atoms with van der Waals surface area (Å²) in [5, 5.41) is 8.84. The average Bonchev–Trinajstić information content (AvgIpc) is 3.31. The lowest BCUT2D eigenvalue weighted by Gasteiger charge is -2.32. The lowest BCUT2D eigenvalue weighted by atomic mass is 9.98. The van der Waals surface area contributed by atoms with Gasteiger partial charge in [-0.1, -0.05) is 18.1 Å². The summed E-state index contributed by atoms with van der Waals surface area (Å²) in [7, 11) is 2.07. The second-order valence-corrected chi connectivity index (χ2v) is 7.54. The third-order valence-corrected chi connectivity index (χ3v) is 5.66. The fourth-order valence-corrected chi connectivity index (χ4v) is 4.27. The van der Waals surface area contributed by atoms with Crippen molar-refractivity contribution in [2.45, 2.75) is 57.5 Å². The lowest BCUT2D eigenvalue weighted by molar-refractivity contribution is 0.148. The van der Waals surface area contributed by atoms with Crippen LogP contribution in [0.2, 0.25) is 0 Å². The first-order chi connectivity index (χ1) is 11.8. The topological polar surface area (TPSA) is 51.8 Å². The first-order valence-electron chi connectivity index (χ1n) is 9.36. The van der Waals surface area contributed by atoms with Gasteiger partial charge in [0.1, 0.15) is 5.82 Å². The standard InChI is InChI=1S/C18H28N6/c1-22-10-8-19-18(22)14-23-9-4-5-15(11-23)12-24-13-17(20-21-24)16-6-2-3-7-16/h8,10,13,15-16H,2-7,9,11-12,14H2,1H3. The zero-order valence-electron chi connectivity index (χ0n) is 14.6. The molecule has 1 atom stereocenters. The molecule has 0 spiro atoms. The second kappa shape index (κ2) is 7.05. The minimum atomic E-state index is 0.657. The van der Waals surface area contributed by atoms with Crippen LogP contribution in [-0.2, 0) is 20.1 Å². The van der Waals surface area contributed by atoms with E-state index in [9.17, 15) is 0 Å². The third-order valence-electron chi connectivity index (χ3n) is 5.66. The lowest BCUT2D eigenvalue weighted by Crippen LogP contribution is -2.37. The molecule has 4 rings (SSSR count). The van der Waals surface area contributed by atoms with Gasteiger partial charge in [-0.15, -0.1) is 5.10 Å². The van der Waals surface area contributed by atoms with Gasteiger partial charge in [0.25, 0.3) is 0 Å². The van der Waals surface area contributed by atoms with E-state index in [0.717, 1.165) is 25.5 Å². The van der Waals surface area contributed by atoms with E-state index >= 15 is 0 Å². The number of hydrogen-bond donors (Lipinski definition) is 0.